The zero-order valence-electron chi connectivity index (χ0n) is 15.4. The van der Waals surface area contributed by atoms with E-state index in [0.717, 1.165) is 44.0 Å². The van der Waals surface area contributed by atoms with E-state index in [1.54, 1.807) is 11.8 Å². The van der Waals surface area contributed by atoms with Crippen molar-refractivity contribution in [3.05, 3.63) is 41.5 Å². The third-order valence-corrected chi connectivity index (χ3v) is 6.61. The Balaban J connectivity index is 1.47. The van der Waals surface area contributed by atoms with Gasteiger partial charge in [0.05, 0.1) is 11.8 Å². The maximum atomic E-state index is 12.9. The van der Waals surface area contributed by atoms with Crippen LogP contribution in [-0.4, -0.2) is 37.9 Å². The maximum absolute atomic E-state index is 12.9. The van der Waals surface area contributed by atoms with Gasteiger partial charge in [-0.15, -0.1) is 22.0 Å². The number of carbonyl (C=O) groups excluding carboxylic acids is 1. The highest BCUT2D eigenvalue weighted by atomic mass is 32.2. The van der Waals surface area contributed by atoms with Gasteiger partial charge in [-0.1, -0.05) is 24.6 Å². The smallest absolute Gasteiger partial charge is 0.233 e. The van der Waals surface area contributed by atoms with Crippen LogP contribution in [0.5, 0.6) is 0 Å². The summed E-state index contributed by atoms with van der Waals surface area (Å²) in [5, 5.41) is 8.93. The van der Waals surface area contributed by atoms with Crippen LogP contribution in [0.1, 0.15) is 55.4 Å². The summed E-state index contributed by atoms with van der Waals surface area (Å²) in [5.74, 6) is 2.81. The molecule has 3 heterocycles. The second-order valence-corrected chi connectivity index (χ2v) is 8.25. The molecule has 138 valence electrons. The van der Waals surface area contributed by atoms with Crippen molar-refractivity contribution >= 4 is 17.7 Å². The summed E-state index contributed by atoms with van der Waals surface area (Å²) in [6.45, 7) is 3.92. The van der Waals surface area contributed by atoms with Gasteiger partial charge >= 0.3 is 0 Å². The Morgan fingerprint density at radius 1 is 1.15 bits per heavy atom. The van der Waals surface area contributed by atoms with Gasteiger partial charge in [0.15, 0.2) is 5.82 Å². The van der Waals surface area contributed by atoms with Crippen LogP contribution in [0.2, 0.25) is 0 Å². The Hall–Kier alpha value is -1.82. The predicted molar refractivity (Wildman–Crippen MR) is 103 cm³/mol. The molecule has 1 unspecified atom stereocenters. The molecule has 1 fully saturated rings. The topological polar surface area (TPSA) is 51.0 Å². The van der Waals surface area contributed by atoms with E-state index in [9.17, 15) is 4.79 Å². The fraction of sp³-hybridized carbons (Fsp3) is 0.550. The molecule has 2 aliphatic rings. The highest BCUT2D eigenvalue weighted by molar-refractivity contribution is 8.00. The van der Waals surface area contributed by atoms with Crippen molar-refractivity contribution in [1.82, 2.24) is 19.7 Å². The lowest BCUT2D eigenvalue weighted by atomic mass is 10.2. The van der Waals surface area contributed by atoms with E-state index in [4.69, 9.17) is 0 Å². The molecule has 1 saturated heterocycles. The number of amides is 1. The molecular weight excluding hydrogens is 344 g/mol. The third-order valence-electron chi connectivity index (χ3n) is 5.45. The van der Waals surface area contributed by atoms with Crippen LogP contribution in [0.4, 0.5) is 0 Å². The van der Waals surface area contributed by atoms with E-state index in [2.05, 4.69) is 33.8 Å². The Kier molecular flexibility index (Phi) is 5.29. The number of hydrogen-bond acceptors (Lipinski definition) is 4. The summed E-state index contributed by atoms with van der Waals surface area (Å²) in [6.07, 6.45) is 6.69. The van der Waals surface area contributed by atoms with E-state index in [-0.39, 0.29) is 11.9 Å². The van der Waals surface area contributed by atoms with Crippen LogP contribution in [0.3, 0.4) is 0 Å². The number of rotatable bonds is 4. The summed E-state index contributed by atoms with van der Waals surface area (Å²) >= 11 is 1.64. The molecular formula is C20H26N4OS. The van der Waals surface area contributed by atoms with Crippen molar-refractivity contribution < 1.29 is 4.79 Å². The fourth-order valence-corrected chi connectivity index (χ4v) is 4.94. The van der Waals surface area contributed by atoms with Crippen molar-refractivity contribution in [3.8, 4) is 0 Å². The van der Waals surface area contributed by atoms with Crippen molar-refractivity contribution in [2.45, 2.75) is 62.9 Å². The Bertz CT molecular complexity index is 788. The second-order valence-electron chi connectivity index (χ2n) is 7.24. The minimum atomic E-state index is 0.0966. The minimum Gasteiger partial charge on any atom is -0.332 e. The van der Waals surface area contributed by atoms with Crippen molar-refractivity contribution in [2.24, 2.45) is 0 Å². The molecule has 0 radical (unpaired) electrons. The molecule has 6 heteroatoms. The van der Waals surface area contributed by atoms with Gasteiger partial charge in [0.1, 0.15) is 5.82 Å². The predicted octanol–water partition coefficient (Wildman–Crippen LogP) is 3.77. The average molecular weight is 371 g/mol. The summed E-state index contributed by atoms with van der Waals surface area (Å²) < 4.78 is 2.29. The number of aryl methyl sites for hydroxylation is 2. The lowest BCUT2D eigenvalue weighted by Gasteiger charge is -2.24. The van der Waals surface area contributed by atoms with Crippen LogP contribution >= 0.6 is 11.8 Å². The molecule has 0 saturated carbocycles. The molecule has 26 heavy (non-hydrogen) atoms. The van der Waals surface area contributed by atoms with Gasteiger partial charge in [-0.25, -0.2) is 0 Å². The number of fused-ring (bicyclic) bond motifs is 1. The SMILES string of the molecule is Cc1ccccc1SCC(=O)N1CCCC1c1nnc2n1CCCCC2. The van der Waals surface area contributed by atoms with Crippen molar-refractivity contribution in [1.29, 1.82) is 0 Å². The highest BCUT2D eigenvalue weighted by Gasteiger charge is 2.34. The number of benzene rings is 1. The molecule has 1 aromatic carbocycles. The number of thioether (sulfide) groups is 1. The van der Waals surface area contributed by atoms with Gasteiger partial charge in [0, 0.05) is 24.4 Å². The summed E-state index contributed by atoms with van der Waals surface area (Å²) in [6, 6.07) is 8.35. The monoisotopic (exact) mass is 370 g/mol. The first kappa shape index (κ1) is 17.6. The molecule has 1 atom stereocenters. The zero-order chi connectivity index (χ0) is 17.9. The molecule has 0 N–H and O–H groups in total. The molecule has 5 nitrogen and oxygen atoms in total. The van der Waals surface area contributed by atoms with Gasteiger partial charge in [-0.05, 0) is 44.2 Å². The first-order chi connectivity index (χ1) is 12.7. The van der Waals surface area contributed by atoms with E-state index in [0.29, 0.717) is 5.75 Å². The lowest BCUT2D eigenvalue weighted by molar-refractivity contribution is -0.129. The summed E-state index contributed by atoms with van der Waals surface area (Å²) in [7, 11) is 0. The number of likely N-dealkylation sites (tertiary alicyclic amines) is 1. The lowest BCUT2D eigenvalue weighted by Crippen LogP contribution is -2.33. The minimum absolute atomic E-state index is 0.0966. The molecule has 1 aromatic heterocycles. The number of nitrogens with zero attached hydrogens (tertiary/aromatic N) is 4. The molecule has 2 aromatic rings. The van der Waals surface area contributed by atoms with E-state index in [1.165, 1.54) is 29.7 Å². The Morgan fingerprint density at radius 3 is 2.92 bits per heavy atom. The standard InChI is InChI=1S/C20H26N4OS/c1-15-8-4-5-10-17(15)26-14-19(25)23-13-7-9-16(23)20-22-21-18-11-3-2-6-12-24(18)20/h4-5,8,10,16H,2-3,6-7,9,11-14H2,1H3. The largest absolute Gasteiger partial charge is 0.332 e. The first-order valence-corrected chi connectivity index (χ1v) is 10.6. The van der Waals surface area contributed by atoms with Crippen LogP contribution in [-0.2, 0) is 17.8 Å². The van der Waals surface area contributed by atoms with Gasteiger partial charge in [0.2, 0.25) is 5.91 Å². The fourth-order valence-electron chi connectivity index (χ4n) is 4.03. The van der Waals surface area contributed by atoms with Crippen LogP contribution < -0.4 is 0 Å². The molecule has 4 rings (SSSR count). The Labute approximate surface area is 159 Å². The quantitative estimate of drug-likeness (QED) is 0.769. The molecule has 0 spiro atoms. The summed E-state index contributed by atoms with van der Waals surface area (Å²) in [5.41, 5.74) is 1.23. The van der Waals surface area contributed by atoms with Gasteiger partial charge < -0.3 is 9.47 Å². The zero-order valence-corrected chi connectivity index (χ0v) is 16.2. The normalized spacial score (nSPS) is 20.0. The van der Waals surface area contributed by atoms with Crippen LogP contribution in [0.15, 0.2) is 29.2 Å². The molecule has 1 amide bonds. The molecule has 0 aliphatic carbocycles. The van der Waals surface area contributed by atoms with Gasteiger partial charge in [-0.3, -0.25) is 4.79 Å². The summed E-state index contributed by atoms with van der Waals surface area (Å²) in [4.78, 5) is 16.1. The van der Waals surface area contributed by atoms with Gasteiger partial charge in [0.25, 0.3) is 0 Å². The number of hydrogen-bond donors (Lipinski definition) is 0. The van der Waals surface area contributed by atoms with E-state index < -0.39 is 0 Å². The van der Waals surface area contributed by atoms with Crippen LogP contribution in [0, 0.1) is 6.92 Å². The van der Waals surface area contributed by atoms with Crippen LogP contribution in [0.25, 0.3) is 0 Å². The second kappa shape index (κ2) is 7.82. The van der Waals surface area contributed by atoms with E-state index in [1.807, 2.05) is 17.0 Å². The van der Waals surface area contributed by atoms with Crippen molar-refractivity contribution in [2.75, 3.05) is 12.3 Å². The number of aromatic nitrogens is 3. The number of carbonyl (C=O) groups is 1. The Morgan fingerprint density at radius 2 is 2.04 bits per heavy atom. The maximum Gasteiger partial charge on any atom is 0.233 e. The molecule has 2 aliphatic heterocycles. The van der Waals surface area contributed by atoms with Gasteiger partial charge in [-0.2, -0.15) is 0 Å². The van der Waals surface area contributed by atoms with Crippen molar-refractivity contribution in [3.63, 3.8) is 0 Å². The highest BCUT2D eigenvalue weighted by Crippen LogP contribution is 2.33. The molecule has 0 bridgehead atoms. The third kappa shape index (κ3) is 3.52. The first-order valence-electron chi connectivity index (χ1n) is 9.64. The van der Waals surface area contributed by atoms with E-state index >= 15 is 0 Å². The average Bonchev–Trinajstić information content (AvgIpc) is 3.21.